The van der Waals surface area contributed by atoms with E-state index in [-0.39, 0.29) is 21.8 Å². The van der Waals surface area contributed by atoms with Crippen molar-refractivity contribution in [3.8, 4) is 0 Å². The fraction of sp³-hybridized carbons (Fsp3) is 0.0833. The average molecular weight is 300 g/mol. The van der Waals surface area contributed by atoms with Gasteiger partial charge in [-0.1, -0.05) is 11.6 Å². The minimum absolute atomic E-state index is 0.0424. The highest BCUT2D eigenvalue weighted by Crippen LogP contribution is 2.18. The van der Waals surface area contributed by atoms with Gasteiger partial charge in [-0.3, -0.25) is 4.79 Å². The predicted octanol–water partition coefficient (Wildman–Crippen LogP) is 3.48. The number of hydrogen-bond donors (Lipinski definition) is 1. The topological polar surface area (TPSA) is 54.9 Å². The minimum atomic E-state index is -0.493. The first-order chi connectivity index (χ1) is 8.97. The summed E-state index contributed by atoms with van der Waals surface area (Å²) >= 11 is 11.3. The van der Waals surface area contributed by atoms with Crippen LogP contribution < -0.4 is 5.32 Å². The van der Waals surface area contributed by atoms with Gasteiger partial charge in [0.05, 0.1) is 5.56 Å². The van der Waals surface area contributed by atoms with Crippen LogP contribution in [0.15, 0.2) is 24.4 Å². The summed E-state index contributed by atoms with van der Waals surface area (Å²) in [6.07, 6.45) is 1.23. The third-order valence-electron chi connectivity index (χ3n) is 2.37. The predicted molar refractivity (Wildman–Crippen MR) is 71.1 cm³/mol. The van der Waals surface area contributed by atoms with Crippen LogP contribution in [0.2, 0.25) is 10.4 Å². The van der Waals surface area contributed by atoms with Crippen molar-refractivity contribution < 1.29 is 9.18 Å². The number of anilines is 1. The van der Waals surface area contributed by atoms with Crippen LogP contribution in [0.1, 0.15) is 15.9 Å². The molecule has 2 rings (SSSR count). The monoisotopic (exact) mass is 299 g/mol. The van der Waals surface area contributed by atoms with Crippen LogP contribution in [-0.4, -0.2) is 15.9 Å². The van der Waals surface area contributed by atoms with E-state index in [1.165, 1.54) is 24.4 Å². The van der Waals surface area contributed by atoms with Crippen LogP contribution in [0.5, 0.6) is 0 Å². The largest absolute Gasteiger partial charge is 0.322 e. The van der Waals surface area contributed by atoms with Crippen LogP contribution in [0.25, 0.3) is 0 Å². The Balaban J connectivity index is 2.23. The number of nitrogens with one attached hydrogen (secondary N) is 1. The number of carbonyl (C=O) groups is 1. The molecule has 0 unspecified atom stereocenters. The highest BCUT2D eigenvalue weighted by Gasteiger charge is 2.13. The lowest BCUT2D eigenvalue weighted by molar-refractivity contribution is 0.102. The normalized spacial score (nSPS) is 10.3. The fourth-order valence-corrected chi connectivity index (χ4v) is 1.81. The first-order valence-electron chi connectivity index (χ1n) is 5.23. The van der Waals surface area contributed by atoms with Crippen LogP contribution in [-0.2, 0) is 0 Å². The van der Waals surface area contributed by atoms with Crippen molar-refractivity contribution >= 4 is 34.8 Å². The molecule has 1 N–H and O–H groups in total. The first kappa shape index (κ1) is 13.7. The van der Waals surface area contributed by atoms with Gasteiger partial charge < -0.3 is 5.32 Å². The lowest BCUT2D eigenvalue weighted by Crippen LogP contribution is -2.13. The molecular weight excluding hydrogens is 292 g/mol. The Bertz CT molecular complexity index is 649. The molecule has 1 amide bonds. The van der Waals surface area contributed by atoms with Gasteiger partial charge in [0.2, 0.25) is 5.28 Å². The van der Waals surface area contributed by atoms with Gasteiger partial charge in [-0.25, -0.2) is 14.4 Å². The minimum Gasteiger partial charge on any atom is -0.322 e. The molecule has 1 aromatic carbocycles. The zero-order valence-corrected chi connectivity index (χ0v) is 11.3. The third-order valence-corrected chi connectivity index (χ3v) is 2.84. The molecule has 0 aliphatic rings. The van der Waals surface area contributed by atoms with Gasteiger partial charge in [0.1, 0.15) is 11.0 Å². The van der Waals surface area contributed by atoms with Gasteiger partial charge in [-0.05, 0) is 42.3 Å². The Morgan fingerprint density at radius 1 is 1.37 bits per heavy atom. The molecule has 98 valence electrons. The molecule has 0 bridgehead atoms. The summed E-state index contributed by atoms with van der Waals surface area (Å²) in [5.74, 6) is -0.835. The van der Waals surface area contributed by atoms with Crippen molar-refractivity contribution in [1.82, 2.24) is 9.97 Å². The molecule has 1 heterocycles. The van der Waals surface area contributed by atoms with Gasteiger partial charge in [-0.2, -0.15) is 0 Å². The van der Waals surface area contributed by atoms with E-state index in [9.17, 15) is 9.18 Å². The third kappa shape index (κ3) is 3.19. The van der Waals surface area contributed by atoms with Gasteiger partial charge in [-0.15, -0.1) is 0 Å². The van der Waals surface area contributed by atoms with Gasteiger partial charge in [0.25, 0.3) is 5.91 Å². The number of carbonyl (C=O) groups excluding carboxylic acids is 1. The van der Waals surface area contributed by atoms with Crippen LogP contribution in [0.3, 0.4) is 0 Å². The van der Waals surface area contributed by atoms with Crippen LogP contribution >= 0.6 is 23.2 Å². The summed E-state index contributed by atoms with van der Waals surface area (Å²) in [5.41, 5.74) is 0.971. The zero-order valence-electron chi connectivity index (χ0n) is 9.75. The second kappa shape index (κ2) is 5.50. The van der Waals surface area contributed by atoms with Crippen LogP contribution in [0, 0.1) is 12.7 Å². The number of halogens is 3. The molecule has 0 aliphatic carbocycles. The van der Waals surface area contributed by atoms with Gasteiger partial charge in [0, 0.05) is 11.9 Å². The maximum Gasteiger partial charge on any atom is 0.260 e. The van der Waals surface area contributed by atoms with Crippen molar-refractivity contribution in [1.29, 1.82) is 0 Å². The molecular formula is C12H8Cl2FN3O. The maximum atomic E-state index is 13.1. The van der Waals surface area contributed by atoms with E-state index in [2.05, 4.69) is 15.3 Å². The SMILES string of the molecule is Cc1cc(NC(=O)c2cnc(Cl)nc2Cl)ccc1F. The summed E-state index contributed by atoms with van der Waals surface area (Å²) in [4.78, 5) is 19.3. The summed E-state index contributed by atoms with van der Waals surface area (Å²) < 4.78 is 13.1. The van der Waals surface area contributed by atoms with E-state index >= 15 is 0 Å². The van der Waals surface area contributed by atoms with E-state index in [0.29, 0.717) is 11.3 Å². The Hall–Kier alpha value is -1.72. The average Bonchev–Trinajstić information content (AvgIpc) is 2.33. The lowest BCUT2D eigenvalue weighted by Gasteiger charge is -2.07. The summed E-state index contributed by atoms with van der Waals surface area (Å²) in [6, 6.07) is 4.23. The molecule has 0 fully saturated rings. The molecule has 19 heavy (non-hydrogen) atoms. The van der Waals surface area contributed by atoms with Gasteiger partial charge >= 0.3 is 0 Å². The molecule has 0 saturated carbocycles. The molecule has 0 aliphatic heterocycles. The highest BCUT2D eigenvalue weighted by atomic mass is 35.5. The number of rotatable bonds is 2. The van der Waals surface area contributed by atoms with E-state index in [0.717, 1.165) is 0 Å². The van der Waals surface area contributed by atoms with E-state index in [4.69, 9.17) is 23.2 Å². The second-order valence-corrected chi connectivity index (χ2v) is 4.46. The Morgan fingerprint density at radius 2 is 2.11 bits per heavy atom. The maximum absolute atomic E-state index is 13.1. The summed E-state index contributed by atoms with van der Waals surface area (Å²) in [5, 5.41) is 2.49. The summed E-state index contributed by atoms with van der Waals surface area (Å²) in [6.45, 7) is 1.60. The quantitative estimate of drug-likeness (QED) is 0.682. The number of aryl methyl sites for hydroxylation is 1. The van der Waals surface area contributed by atoms with E-state index in [1.54, 1.807) is 6.92 Å². The Labute approximate surface area is 118 Å². The first-order valence-corrected chi connectivity index (χ1v) is 5.98. The van der Waals surface area contributed by atoms with E-state index in [1.807, 2.05) is 0 Å². The van der Waals surface area contributed by atoms with Crippen molar-refractivity contribution in [3.63, 3.8) is 0 Å². The Morgan fingerprint density at radius 3 is 2.74 bits per heavy atom. The van der Waals surface area contributed by atoms with E-state index < -0.39 is 5.91 Å². The molecule has 1 aromatic heterocycles. The molecule has 7 heteroatoms. The van der Waals surface area contributed by atoms with Crippen molar-refractivity contribution in [3.05, 3.63) is 51.8 Å². The van der Waals surface area contributed by atoms with Crippen molar-refractivity contribution in [2.45, 2.75) is 6.92 Å². The number of hydrogen-bond acceptors (Lipinski definition) is 3. The Kier molecular flexibility index (Phi) is 3.97. The number of amides is 1. The van der Waals surface area contributed by atoms with Crippen LogP contribution in [0.4, 0.5) is 10.1 Å². The molecule has 4 nitrogen and oxygen atoms in total. The highest BCUT2D eigenvalue weighted by molar-refractivity contribution is 6.34. The fourth-order valence-electron chi connectivity index (χ4n) is 1.41. The zero-order chi connectivity index (χ0) is 14.0. The second-order valence-electron chi connectivity index (χ2n) is 3.76. The molecule has 0 saturated heterocycles. The van der Waals surface area contributed by atoms with Gasteiger partial charge in [0.15, 0.2) is 0 Å². The number of aromatic nitrogens is 2. The molecule has 2 aromatic rings. The molecule has 0 atom stereocenters. The van der Waals surface area contributed by atoms with Crippen molar-refractivity contribution in [2.24, 2.45) is 0 Å². The smallest absolute Gasteiger partial charge is 0.260 e. The lowest BCUT2D eigenvalue weighted by atomic mass is 10.2. The standard InChI is InChI=1S/C12H8Cl2FN3O/c1-6-4-7(2-3-9(6)15)17-11(19)8-5-16-12(14)18-10(8)13/h2-5H,1H3,(H,17,19). The number of benzene rings is 1. The molecule has 0 spiro atoms. The summed E-state index contributed by atoms with van der Waals surface area (Å²) in [7, 11) is 0. The van der Waals surface area contributed by atoms with Crippen molar-refractivity contribution in [2.75, 3.05) is 5.32 Å². The number of nitrogens with zero attached hydrogens (tertiary/aromatic N) is 2. The molecule has 0 radical (unpaired) electrons.